The van der Waals surface area contributed by atoms with E-state index in [0.29, 0.717) is 6.61 Å². The summed E-state index contributed by atoms with van der Waals surface area (Å²) in [7, 11) is 0. The molecule has 1 aliphatic heterocycles. The summed E-state index contributed by atoms with van der Waals surface area (Å²) in [5.74, 6) is 0. The van der Waals surface area contributed by atoms with Crippen LogP contribution in [0.2, 0.25) is 0 Å². The van der Waals surface area contributed by atoms with Crippen LogP contribution in [0.4, 0.5) is 4.79 Å². The van der Waals surface area contributed by atoms with Gasteiger partial charge in [-0.3, -0.25) is 0 Å². The molecule has 1 fully saturated rings. The van der Waals surface area contributed by atoms with Gasteiger partial charge in [0.1, 0.15) is 0 Å². The number of rotatable bonds is 4. The summed E-state index contributed by atoms with van der Waals surface area (Å²) in [6, 6.07) is 8.79. The van der Waals surface area contributed by atoms with Crippen LogP contribution in [-0.4, -0.2) is 36.5 Å². The van der Waals surface area contributed by atoms with Crippen LogP contribution in [0.5, 0.6) is 0 Å². The van der Waals surface area contributed by atoms with Crippen molar-refractivity contribution in [1.82, 2.24) is 10.6 Å². The number of hydrogen-bond donors (Lipinski definition) is 3. The molecule has 0 saturated carbocycles. The van der Waals surface area contributed by atoms with Gasteiger partial charge in [-0.1, -0.05) is 30.3 Å². The first-order valence-electron chi connectivity index (χ1n) is 6.55. The second-order valence-electron chi connectivity index (χ2n) is 4.73. The number of ether oxygens (including phenoxy) is 1. The van der Waals surface area contributed by atoms with E-state index in [1.54, 1.807) is 0 Å². The summed E-state index contributed by atoms with van der Waals surface area (Å²) in [6.07, 6.45) is 0.860. The Kier molecular flexibility index (Phi) is 4.76. The Morgan fingerprint density at radius 2 is 2.21 bits per heavy atom. The molecule has 3 atom stereocenters. The highest BCUT2D eigenvalue weighted by Crippen LogP contribution is 2.14. The van der Waals surface area contributed by atoms with E-state index in [1.165, 1.54) is 0 Å². The Morgan fingerprint density at radius 3 is 2.79 bits per heavy atom. The molecule has 104 valence electrons. The van der Waals surface area contributed by atoms with Gasteiger partial charge in [-0.2, -0.15) is 0 Å². The number of nitrogens with one attached hydrogen (secondary N) is 2. The average Bonchev–Trinajstić information content (AvgIpc) is 2.82. The van der Waals surface area contributed by atoms with Gasteiger partial charge in [-0.15, -0.1) is 0 Å². The molecule has 0 bridgehead atoms. The molecule has 0 aromatic heterocycles. The van der Waals surface area contributed by atoms with E-state index < -0.39 is 0 Å². The molecule has 5 nitrogen and oxygen atoms in total. The molecule has 1 aliphatic rings. The molecule has 1 saturated heterocycles. The van der Waals surface area contributed by atoms with Gasteiger partial charge in [0.05, 0.1) is 24.8 Å². The smallest absolute Gasteiger partial charge is 0.315 e. The highest BCUT2D eigenvalue weighted by Gasteiger charge is 2.26. The Hall–Kier alpha value is -1.59. The molecule has 0 unspecified atom stereocenters. The third-order valence-corrected chi connectivity index (χ3v) is 3.38. The van der Waals surface area contributed by atoms with E-state index in [2.05, 4.69) is 10.6 Å². The van der Waals surface area contributed by atoms with Crippen molar-refractivity contribution in [2.24, 2.45) is 0 Å². The first kappa shape index (κ1) is 13.8. The van der Waals surface area contributed by atoms with Gasteiger partial charge in [-0.25, -0.2) is 4.79 Å². The predicted molar refractivity (Wildman–Crippen MR) is 71.8 cm³/mol. The summed E-state index contributed by atoms with van der Waals surface area (Å²) in [5.41, 5.74) is 0.885. The van der Waals surface area contributed by atoms with Crippen molar-refractivity contribution in [1.29, 1.82) is 0 Å². The molecule has 3 N–H and O–H groups in total. The monoisotopic (exact) mass is 264 g/mol. The van der Waals surface area contributed by atoms with Gasteiger partial charge in [0, 0.05) is 6.61 Å². The average molecular weight is 264 g/mol. The maximum atomic E-state index is 11.9. The molecule has 1 heterocycles. The van der Waals surface area contributed by atoms with Crippen LogP contribution < -0.4 is 10.6 Å². The Morgan fingerprint density at radius 1 is 1.47 bits per heavy atom. The molecule has 2 amide bonds. The molecular weight excluding hydrogens is 244 g/mol. The predicted octanol–water partition coefficient (Wildman–Crippen LogP) is 1.20. The number of aliphatic hydroxyl groups is 1. The number of benzene rings is 1. The lowest BCUT2D eigenvalue weighted by Crippen LogP contribution is -2.46. The zero-order chi connectivity index (χ0) is 13.7. The lowest BCUT2D eigenvalue weighted by atomic mass is 10.1. The molecule has 0 aliphatic carbocycles. The molecule has 2 rings (SSSR count). The number of carbonyl (C=O) groups excluding carboxylic acids is 1. The molecule has 0 spiro atoms. The van der Waals surface area contributed by atoms with Crippen LogP contribution >= 0.6 is 0 Å². The third-order valence-electron chi connectivity index (χ3n) is 3.38. The van der Waals surface area contributed by atoms with Gasteiger partial charge < -0.3 is 20.5 Å². The molecule has 19 heavy (non-hydrogen) atoms. The number of amides is 2. The first-order valence-corrected chi connectivity index (χ1v) is 6.55. The van der Waals surface area contributed by atoms with Crippen molar-refractivity contribution in [3.05, 3.63) is 35.9 Å². The normalized spacial score (nSPS) is 23.9. The van der Waals surface area contributed by atoms with Crippen molar-refractivity contribution in [2.45, 2.75) is 31.5 Å². The lowest BCUT2D eigenvalue weighted by molar-refractivity contribution is 0.114. The van der Waals surface area contributed by atoms with Crippen LogP contribution in [-0.2, 0) is 4.74 Å². The van der Waals surface area contributed by atoms with Gasteiger partial charge >= 0.3 is 6.03 Å². The summed E-state index contributed by atoms with van der Waals surface area (Å²) in [5, 5.41) is 15.0. The number of urea groups is 1. The second kappa shape index (κ2) is 6.54. The minimum absolute atomic E-state index is 0.0371. The van der Waals surface area contributed by atoms with Crippen LogP contribution in [0.15, 0.2) is 30.3 Å². The van der Waals surface area contributed by atoms with E-state index in [-0.39, 0.29) is 30.8 Å². The molecule has 1 aromatic rings. The van der Waals surface area contributed by atoms with Gasteiger partial charge in [0.25, 0.3) is 0 Å². The lowest BCUT2D eigenvalue weighted by Gasteiger charge is -2.20. The molecule has 1 aromatic carbocycles. The molecule has 5 heteroatoms. The van der Waals surface area contributed by atoms with Crippen molar-refractivity contribution in [3.63, 3.8) is 0 Å². The highest BCUT2D eigenvalue weighted by atomic mass is 16.5. The quantitative estimate of drug-likeness (QED) is 0.765. The van der Waals surface area contributed by atoms with Crippen LogP contribution in [0.3, 0.4) is 0 Å². The third kappa shape index (κ3) is 3.68. The van der Waals surface area contributed by atoms with Crippen LogP contribution in [0.25, 0.3) is 0 Å². The van der Waals surface area contributed by atoms with E-state index in [9.17, 15) is 9.90 Å². The molecular formula is C14H20N2O3. The fourth-order valence-corrected chi connectivity index (χ4v) is 2.21. The van der Waals surface area contributed by atoms with Crippen molar-refractivity contribution >= 4 is 6.03 Å². The van der Waals surface area contributed by atoms with Crippen LogP contribution in [0, 0.1) is 0 Å². The Labute approximate surface area is 113 Å². The number of aliphatic hydroxyl groups excluding tert-OH is 1. The minimum atomic E-state index is -0.390. The molecule has 0 radical (unpaired) electrons. The maximum Gasteiger partial charge on any atom is 0.315 e. The first-order chi connectivity index (χ1) is 9.20. The van der Waals surface area contributed by atoms with Crippen LogP contribution in [0.1, 0.15) is 24.9 Å². The van der Waals surface area contributed by atoms with E-state index in [1.807, 2.05) is 37.3 Å². The summed E-state index contributed by atoms with van der Waals surface area (Å²) >= 11 is 0. The zero-order valence-corrected chi connectivity index (χ0v) is 11.0. The zero-order valence-electron chi connectivity index (χ0n) is 11.0. The van der Waals surface area contributed by atoms with Crippen molar-refractivity contribution in [2.75, 3.05) is 13.2 Å². The summed E-state index contributed by atoms with van der Waals surface area (Å²) < 4.78 is 5.39. The minimum Gasteiger partial charge on any atom is -0.394 e. The summed E-state index contributed by atoms with van der Waals surface area (Å²) in [6.45, 7) is 2.49. The highest BCUT2D eigenvalue weighted by molar-refractivity contribution is 5.74. The van der Waals surface area contributed by atoms with Crippen molar-refractivity contribution in [3.8, 4) is 0 Å². The van der Waals surface area contributed by atoms with Gasteiger partial charge in [-0.05, 0) is 18.9 Å². The number of hydrogen-bond acceptors (Lipinski definition) is 3. The second-order valence-corrected chi connectivity index (χ2v) is 4.73. The topological polar surface area (TPSA) is 70.6 Å². The fourth-order valence-electron chi connectivity index (χ4n) is 2.21. The van der Waals surface area contributed by atoms with Gasteiger partial charge in [0.15, 0.2) is 0 Å². The largest absolute Gasteiger partial charge is 0.394 e. The fraction of sp³-hybridized carbons (Fsp3) is 0.500. The standard InChI is InChI=1S/C14H20N2O3/c1-10-12(7-8-19-10)15-14(18)16-13(9-17)11-5-3-2-4-6-11/h2-6,10,12-13,17H,7-9H2,1H3,(H2,15,16,18)/t10-,12-,13-/m1/s1. The SMILES string of the molecule is C[C@H]1OCC[C@H]1NC(=O)N[C@H](CO)c1ccccc1. The Balaban J connectivity index is 1.89. The van der Waals surface area contributed by atoms with E-state index >= 15 is 0 Å². The van der Waals surface area contributed by atoms with Gasteiger partial charge in [0.2, 0.25) is 0 Å². The Bertz CT molecular complexity index is 410. The number of carbonyl (C=O) groups is 1. The van der Waals surface area contributed by atoms with E-state index in [4.69, 9.17) is 4.74 Å². The summed E-state index contributed by atoms with van der Waals surface area (Å²) in [4.78, 5) is 11.9. The maximum absolute atomic E-state index is 11.9. The van der Waals surface area contributed by atoms with Crippen molar-refractivity contribution < 1.29 is 14.6 Å². The van der Waals surface area contributed by atoms with E-state index in [0.717, 1.165) is 12.0 Å².